The standard InChI is InChI=1S/C20H26N2O5S/c1-16-4-6-17(7-5-16)14-22(28(2,25)26)18-8-10-19(11-9-18)27-15-20(24)21-12-3-13-23/h4-11,23H,3,12-15H2,1-2H3,(H,21,24). The maximum Gasteiger partial charge on any atom is 0.257 e. The molecule has 0 unspecified atom stereocenters. The molecule has 28 heavy (non-hydrogen) atoms. The van der Waals surface area contributed by atoms with Gasteiger partial charge in [-0.3, -0.25) is 9.10 Å². The lowest BCUT2D eigenvalue weighted by molar-refractivity contribution is -0.123. The lowest BCUT2D eigenvalue weighted by atomic mass is 10.1. The van der Waals surface area contributed by atoms with Crippen LogP contribution in [0.2, 0.25) is 0 Å². The first-order chi connectivity index (χ1) is 13.3. The fourth-order valence-corrected chi connectivity index (χ4v) is 3.36. The van der Waals surface area contributed by atoms with Gasteiger partial charge in [-0.2, -0.15) is 0 Å². The highest BCUT2D eigenvalue weighted by Gasteiger charge is 2.18. The summed E-state index contributed by atoms with van der Waals surface area (Å²) < 4.78 is 31.2. The minimum Gasteiger partial charge on any atom is -0.484 e. The highest BCUT2D eigenvalue weighted by Crippen LogP contribution is 2.23. The van der Waals surface area contributed by atoms with Crippen molar-refractivity contribution in [2.45, 2.75) is 19.9 Å². The average molecular weight is 407 g/mol. The number of carbonyl (C=O) groups is 1. The van der Waals surface area contributed by atoms with Crippen LogP contribution in [0.4, 0.5) is 5.69 Å². The molecule has 2 aromatic rings. The third-order valence-corrected chi connectivity index (χ3v) is 5.14. The lowest BCUT2D eigenvalue weighted by Crippen LogP contribution is -2.30. The van der Waals surface area contributed by atoms with Crippen LogP contribution in [0.5, 0.6) is 5.75 Å². The van der Waals surface area contributed by atoms with Crippen molar-refractivity contribution in [1.29, 1.82) is 0 Å². The predicted octanol–water partition coefficient (Wildman–Crippen LogP) is 1.84. The van der Waals surface area contributed by atoms with Crippen LogP contribution in [0.3, 0.4) is 0 Å². The van der Waals surface area contributed by atoms with Crippen LogP contribution < -0.4 is 14.4 Å². The number of ether oxygens (including phenoxy) is 1. The molecule has 2 aromatic carbocycles. The largest absolute Gasteiger partial charge is 0.484 e. The van der Waals surface area contributed by atoms with Gasteiger partial charge in [0, 0.05) is 13.2 Å². The summed E-state index contributed by atoms with van der Waals surface area (Å²) in [4.78, 5) is 11.6. The number of sulfonamides is 1. The van der Waals surface area contributed by atoms with Gasteiger partial charge >= 0.3 is 0 Å². The summed E-state index contributed by atoms with van der Waals surface area (Å²) in [5.41, 5.74) is 2.51. The number of anilines is 1. The summed E-state index contributed by atoms with van der Waals surface area (Å²) in [5, 5.41) is 11.3. The second-order valence-electron chi connectivity index (χ2n) is 6.46. The maximum atomic E-state index is 12.3. The molecule has 0 spiro atoms. The zero-order valence-corrected chi connectivity index (χ0v) is 16.9. The second kappa shape index (κ2) is 10.1. The molecule has 7 nitrogen and oxygen atoms in total. The molecule has 0 saturated carbocycles. The number of hydrogen-bond donors (Lipinski definition) is 2. The van der Waals surface area contributed by atoms with Crippen LogP contribution in [-0.4, -0.2) is 45.4 Å². The molecule has 152 valence electrons. The smallest absolute Gasteiger partial charge is 0.257 e. The first-order valence-corrected chi connectivity index (χ1v) is 10.8. The van der Waals surface area contributed by atoms with Gasteiger partial charge in [-0.1, -0.05) is 29.8 Å². The molecule has 1 amide bonds. The normalized spacial score (nSPS) is 11.1. The van der Waals surface area contributed by atoms with E-state index in [0.29, 0.717) is 24.4 Å². The van der Waals surface area contributed by atoms with E-state index in [0.717, 1.165) is 11.1 Å². The third kappa shape index (κ3) is 6.86. The Balaban J connectivity index is 2.03. The SMILES string of the molecule is Cc1ccc(CN(c2ccc(OCC(=O)NCCCO)cc2)S(C)(=O)=O)cc1. The number of carbonyl (C=O) groups excluding carboxylic acids is 1. The molecule has 0 aromatic heterocycles. The Morgan fingerprint density at radius 1 is 1.11 bits per heavy atom. The summed E-state index contributed by atoms with van der Waals surface area (Å²) >= 11 is 0. The molecule has 0 atom stereocenters. The quantitative estimate of drug-likeness (QED) is 0.587. The van der Waals surface area contributed by atoms with Crippen LogP contribution in [-0.2, 0) is 21.4 Å². The summed E-state index contributed by atoms with van der Waals surface area (Å²) in [6.07, 6.45) is 1.66. The average Bonchev–Trinajstić information content (AvgIpc) is 2.66. The van der Waals surface area contributed by atoms with Crippen LogP contribution >= 0.6 is 0 Å². The maximum absolute atomic E-state index is 12.3. The van der Waals surface area contributed by atoms with Crippen molar-refractivity contribution in [3.63, 3.8) is 0 Å². The van der Waals surface area contributed by atoms with E-state index in [9.17, 15) is 13.2 Å². The molecule has 0 fully saturated rings. The summed E-state index contributed by atoms with van der Waals surface area (Å²) in [7, 11) is -3.47. The molecule has 0 aliphatic heterocycles. The Morgan fingerprint density at radius 3 is 2.32 bits per heavy atom. The van der Waals surface area contributed by atoms with Crippen molar-refractivity contribution in [3.8, 4) is 5.75 Å². The van der Waals surface area contributed by atoms with Gasteiger partial charge in [0.1, 0.15) is 5.75 Å². The van der Waals surface area contributed by atoms with Crippen molar-refractivity contribution < 1.29 is 23.1 Å². The van der Waals surface area contributed by atoms with E-state index >= 15 is 0 Å². The second-order valence-corrected chi connectivity index (χ2v) is 8.37. The summed E-state index contributed by atoms with van der Waals surface area (Å²) in [5.74, 6) is 0.180. The van der Waals surface area contributed by atoms with E-state index in [1.807, 2.05) is 31.2 Å². The Hall–Kier alpha value is -2.58. The van der Waals surface area contributed by atoms with Gasteiger partial charge in [-0.25, -0.2) is 8.42 Å². The molecule has 0 aliphatic carbocycles. The van der Waals surface area contributed by atoms with Gasteiger partial charge in [0.05, 0.1) is 18.5 Å². The number of rotatable bonds is 10. The lowest BCUT2D eigenvalue weighted by Gasteiger charge is -2.23. The van der Waals surface area contributed by atoms with Crippen molar-refractivity contribution >= 4 is 21.6 Å². The number of aliphatic hydroxyl groups is 1. The minimum atomic E-state index is -3.47. The number of amides is 1. The molecule has 0 radical (unpaired) electrons. The Kier molecular flexibility index (Phi) is 7.83. The zero-order valence-electron chi connectivity index (χ0n) is 16.1. The van der Waals surface area contributed by atoms with Crippen LogP contribution in [0.1, 0.15) is 17.5 Å². The Morgan fingerprint density at radius 2 is 1.75 bits per heavy atom. The summed E-state index contributed by atoms with van der Waals surface area (Å²) in [6.45, 7) is 2.46. The van der Waals surface area contributed by atoms with Crippen molar-refractivity contribution in [2.24, 2.45) is 0 Å². The minimum absolute atomic E-state index is 0.0159. The molecule has 8 heteroatoms. The van der Waals surface area contributed by atoms with Crippen LogP contribution in [0.15, 0.2) is 48.5 Å². The fraction of sp³-hybridized carbons (Fsp3) is 0.350. The van der Waals surface area contributed by atoms with E-state index in [2.05, 4.69) is 5.32 Å². The van der Waals surface area contributed by atoms with Gasteiger partial charge < -0.3 is 15.2 Å². The number of benzene rings is 2. The summed E-state index contributed by atoms with van der Waals surface area (Å²) in [6, 6.07) is 14.2. The van der Waals surface area contributed by atoms with Crippen molar-refractivity contribution in [1.82, 2.24) is 5.32 Å². The van der Waals surface area contributed by atoms with Gasteiger partial charge in [0.2, 0.25) is 10.0 Å². The first kappa shape index (κ1) is 21.7. The zero-order chi connectivity index (χ0) is 20.6. The van der Waals surface area contributed by atoms with E-state index in [-0.39, 0.29) is 25.7 Å². The van der Waals surface area contributed by atoms with Gasteiger partial charge in [-0.15, -0.1) is 0 Å². The first-order valence-electron chi connectivity index (χ1n) is 8.93. The van der Waals surface area contributed by atoms with E-state index in [1.165, 1.54) is 10.6 Å². The van der Waals surface area contributed by atoms with Crippen LogP contribution in [0.25, 0.3) is 0 Å². The molecular weight excluding hydrogens is 380 g/mol. The highest BCUT2D eigenvalue weighted by molar-refractivity contribution is 7.92. The molecule has 0 aliphatic rings. The molecule has 2 N–H and O–H groups in total. The molecular formula is C20H26N2O5S. The number of aliphatic hydroxyl groups excluding tert-OH is 1. The fourth-order valence-electron chi connectivity index (χ4n) is 2.47. The Labute approximate surface area is 166 Å². The Bertz CT molecular complexity index is 864. The molecule has 0 heterocycles. The highest BCUT2D eigenvalue weighted by atomic mass is 32.2. The topological polar surface area (TPSA) is 95.9 Å². The predicted molar refractivity (Wildman–Crippen MR) is 109 cm³/mol. The number of nitrogens with zero attached hydrogens (tertiary/aromatic N) is 1. The van der Waals surface area contributed by atoms with Gasteiger partial charge in [0.25, 0.3) is 5.91 Å². The van der Waals surface area contributed by atoms with Crippen LogP contribution in [0, 0.1) is 6.92 Å². The number of hydrogen-bond acceptors (Lipinski definition) is 5. The monoisotopic (exact) mass is 406 g/mol. The van der Waals surface area contributed by atoms with Gasteiger partial charge in [-0.05, 0) is 43.2 Å². The number of nitrogens with one attached hydrogen (secondary N) is 1. The third-order valence-electron chi connectivity index (χ3n) is 4.00. The number of aryl methyl sites for hydroxylation is 1. The van der Waals surface area contributed by atoms with E-state index in [4.69, 9.17) is 9.84 Å². The van der Waals surface area contributed by atoms with Crippen molar-refractivity contribution in [2.75, 3.05) is 30.3 Å². The molecule has 0 bridgehead atoms. The van der Waals surface area contributed by atoms with E-state index in [1.54, 1.807) is 24.3 Å². The van der Waals surface area contributed by atoms with E-state index < -0.39 is 10.0 Å². The molecule has 2 rings (SSSR count). The van der Waals surface area contributed by atoms with Crippen molar-refractivity contribution in [3.05, 3.63) is 59.7 Å². The van der Waals surface area contributed by atoms with Gasteiger partial charge in [0.15, 0.2) is 6.61 Å². The molecule has 0 saturated heterocycles.